The first kappa shape index (κ1) is 13.4. The van der Waals surface area contributed by atoms with Crippen molar-refractivity contribution in [3.05, 3.63) is 47.0 Å². The van der Waals surface area contributed by atoms with E-state index < -0.39 is 0 Å². The molecule has 2 rings (SSSR count). The number of carbonyl (C=O) groups excluding carboxylic acids is 1. The summed E-state index contributed by atoms with van der Waals surface area (Å²) in [6, 6.07) is 9.60. The first-order valence-electron chi connectivity index (χ1n) is 5.63. The number of carbonyl (C=O) groups is 1. The molecule has 0 spiro atoms. The van der Waals surface area contributed by atoms with Crippen molar-refractivity contribution in [1.82, 2.24) is 10.2 Å². The van der Waals surface area contributed by atoms with E-state index in [0.717, 1.165) is 10.6 Å². The van der Waals surface area contributed by atoms with Gasteiger partial charge in [0.05, 0.1) is 0 Å². The molecule has 0 bridgehead atoms. The predicted octanol–water partition coefficient (Wildman–Crippen LogP) is 2.34. The standard InChI is InChI=1S/C13H13N3O2S/c1-18-9-12-15-16-13(19-12)14-11(17)8-7-10-5-3-2-4-6-10/h2-8H,9H2,1H3,(H,14,16,17). The highest BCUT2D eigenvalue weighted by Gasteiger charge is 2.05. The summed E-state index contributed by atoms with van der Waals surface area (Å²) in [4.78, 5) is 11.7. The number of amides is 1. The number of methoxy groups -OCH3 is 1. The van der Waals surface area contributed by atoms with Crippen molar-refractivity contribution in [2.45, 2.75) is 6.61 Å². The van der Waals surface area contributed by atoms with Crippen LogP contribution in [0.15, 0.2) is 36.4 Å². The zero-order chi connectivity index (χ0) is 13.5. The largest absolute Gasteiger partial charge is 0.377 e. The summed E-state index contributed by atoms with van der Waals surface area (Å²) in [5, 5.41) is 11.6. The van der Waals surface area contributed by atoms with Crippen LogP contribution in [0, 0.1) is 0 Å². The fourth-order valence-electron chi connectivity index (χ4n) is 1.37. The Labute approximate surface area is 114 Å². The number of nitrogens with one attached hydrogen (secondary N) is 1. The smallest absolute Gasteiger partial charge is 0.250 e. The van der Waals surface area contributed by atoms with E-state index in [1.54, 1.807) is 13.2 Å². The van der Waals surface area contributed by atoms with E-state index in [9.17, 15) is 4.79 Å². The number of hydrogen-bond donors (Lipinski definition) is 1. The molecule has 6 heteroatoms. The van der Waals surface area contributed by atoms with Gasteiger partial charge in [0.25, 0.3) is 0 Å². The molecule has 0 aliphatic heterocycles. The monoisotopic (exact) mass is 275 g/mol. The van der Waals surface area contributed by atoms with Crippen LogP contribution in [0.2, 0.25) is 0 Å². The van der Waals surface area contributed by atoms with E-state index in [-0.39, 0.29) is 5.91 Å². The topological polar surface area (TPSA) is 64.1 Å². The highest BCUT2D eigenvalue weighted by atomic mass is 32.1. The highest BCUT2D eigenvalue weighted by Crippen LogP contribution is 2.15. The normalized spacial score (nSPS) is 10.8. The Bertz CT molecular complexity index is 566. The number of ether oxygens (including phenoxy) is 1. The molecule has 19 heavy (non-hydrogen) atoms. The lowest BCUT2D eigenvalue weighted by atomic mass is 10.2. The number of benzene rings is 1. The number of rotatable bonds is 5. The predicted molar refractivity (Wildman–Crippen MR) is 74.7 cm³/mol. The van der Waals surface area contributed by atoms with Gasteiger partial charge < -0.3 is 4.74 Å². The van der Waals surface area contributed by atoms with Crippen LogP contribution in [-0.4, -0.2) is 23.2 Å². The molecule has 1 aromatic heterocycles. The Morgan fingerprint density at radius 2 is 2.16 bits per heavy atom. The first-order chi connectivity index (χ1) is 9.28. The lowest BCUT2D eigenvalue weighted by molar-refractivity contribution is -0.111. The molecule has 98 valence electrons. The molecule has 0 radical (unpaired) electrons. The summed E-state index contributed by atoms with van der Waals surface area (Å²) in [7, 11) is 1.59. The van der Waals surface area contributed by atoms with E-state index in [1.165, 1.54) is 17.4 Å². The van der Waals surface area contributed by atoms with Crippen molar-refractivity contribution in [3.8, 4) is 0 Å². The van der Waals surface area contributed by atoms with Gasteiger partial charge in [-0.25, -0.2) is 0 Å². The molecule has 0 fully saturated rings. The summed E-state index contributed by atoms with van der Waals surface area (Å²) in [6.07, 6.45) is 3.21. The summed E-state index contributed by atoms with van der Waals surface area (Å²) < 4.78 is 4.93. The maximum absolute atomic E-state index is 11.7. The van der Waals surface area contributed by atoms with Crippen molar-refractivity contribution in [2.75, 3.05) is 12.4 Å². The Hall–Kier alpha value is -2.05. The molecule has 0 saturated heterocycles. The number of nitrogens with zero attached hydrogens (tertiary/aromatic N) is 2. The van der Waals surface area contributed by atoms with Crippen LogP contribution >= 0.6 is 11.3 Å². The van der Waals surface area contributed by atoms with Gasteiger partial charge in [-0.15, -0.1) is 10.2 Å². The molecule has 0 saturated carbocycles. The zero-order valence-corrected chi connectivity index (χ0v) is 11.2. The molecule has 0 atom stereocenters. The van der Waals surface area contributed by atoms with Crippen LogP contribution in [0.25, 0.3) is 6.08 Å². The number of aromatic nitrogens is 2. The summed E-state index contributed by atoms with van der Waals surface area (Å²) in [5.74, 6) is -0.232. The SMILES string of the molecule is COCc1nnc(NC(=O)C=Cc2ccccc2)s1. The van der Waals surface area contributed by atoms with Gasteiger partial charge in [-0.3, -0.25) is 10.1 Å². The maximum Gasteiger partial charge on any atom is 0.250 e. The van der Waals surface area contributed by atoms with E-state index in [4.69, 9.17) is 4.74 Å². The van der Waals surface area contributed by atoms with Gasteiger partial charge in [0, 0.05) is 13.2 Å². The van der Waals surface area contributed by atoms with Gasteiger partial charge in [0.1, 0.15) is 11.6 Å². The van der Waals surface area contributed by atoms with E-state index in [2.05, 4.69) is 15.5 Å². The van der Waals surface area contributed by atoms with E-state index >= 15 is 0 Å². The average molecular weight is 275 g/mol. The Morgan fingerprint density at radius 1 is 1.37 bits per heavy atom. The molecular formula is C13H13N3O2S. The van der Waals surface area contributed by atoms with Crippen molar-refractivity contribution in [1.29, 1.82) is 0 Å². The van der Waals surface area contributed by atoms with Gasteiger partial charge in [-0.05, 0) is 11.6 Å². The third kappa shape index (κ3) is 4.27. The van der Waals surface area contributed by atoms with Crippen molar-refractivity contribution < 1.29 is 9.53 Å². The van der Waals surface area contributed by atoms with Gasteiger partial charge in [-0.1, -0.05) is 41.7 Å². The quantitative estimate of drug-likeness (QED) is 0.851. The van der Waals surface area contributed by atoms with Gasteiger partial charge in [-0.2, -0.15) is 0 Å². The van der Waals surface area contributed by atoms with Gasteiger partial charge in [0.2, 0.25) is 11.0 Å². The van der Waals surface area contributed by atoms with Gasteiger partial charge in [0.15, 0.2) is 0 Å². The number of hydrogen-bond acceptors (Lipinski definition) is 5. The minimum atomic E-state index is -0.232. The second-order valence-corrected chi connectivity index (χ2v) is 4.73. The lowest BCUT2D eigenvalue weighted by Crippen LogP contribution is -2.07. The van der Waals surface area contributed by atoms with Crippen LogP contribution in [0.1, 0.15) is 10.6 Å². The first-order valence-corrected chi connectivity index (χ1v) is 6.45. The van der Waals surface area contributed by atoms with Gasteiger partial charge >= 0.3 is 0 Å². The molecule has 0 aliphatic carbocycles. The molecular weight excluding hydrogens is 262 g/mol. The summed E-state index contributed by atoms with van der Waals surface area (Å²) in [6.45, 7) is 0.396. The Morgan fingerprint density at radius 3 is 2.89 bits per heavy atom. The summed E-state index contributed by atoms with van der Waals surface area (Å²) in [5.41, 5.74) is 0.968. The Balaban J connectivity index is 1.92. The summed E-state index contributed by atoms with van der Waals surface area (Å²) >= 11 is 1.29. The van der Waals surface area contributed by atoms with Crippen LogP contribution in [0.5, 0.6) is 0 Å². The highest BCUT2D eigenvalue weighted by molar-refractivity contribution is 7.15. The fourth-order valence-corrected chi connectivity index (χ4v) is 2.08. The second-order valence-electron chi connectivity index (χ2n) is 3.67. The second kappa shape index (κ2) is 6.77. The molecule has 2 aromatic rings. The molecule has 1 amide bonds. The maximum atomic E-state index is 11.7. The van der Waals surface area contributed by atoms with E-state index in [1.807, 2.05) is 30.3 Å². The minimum Gasteiger partial charge on any atom is -0.377 e. The zero-order valence-electron chi connectivity index (χ0n) is 10.4. The molecule has 1 aromatic carbocycles. The molecule has 1 heterocycles. The van der Waals surface area contributed by atoms with Crippen molar-refractivity contribution in [2.24, 2.45) is 0 Å². The Kier molecular flexibility index (Phi) is 4.77. The van der Waals surface area contributed by atoms with E-state index in [0.29, 0.717) is 11.7 Å². The fraction of sp³-hybridized carbons (Fsp3) is 0.154. The van der Waals surface area contributed by atoms with Crippen LogP contribution in [0.4, 0.5) is 5.13 Å². The molecule has 1 N–H and O–H groups in total. The lowest BCUT2D eigenvalue weighted by Gasteiger charge is -1.95. The minimum absolute atomic E-state index is 0.232. The molecule has 0 unspecified atom stereocenters. The third-order valence-corrected chi connectivity index (χ3v) is 3.00. The van der Waals surface area contributed by atoms with Crippen LogP contribution in [-0.2, 0) is 16.1 Å². The average Bonchev–Trinajstić information content (AvgIpc) is 2.85. The van der Waals surface area contributed by atoms with Crippen molar-refractivity contribution >= 4 is 28.5 Å². The number of anilines is 1. The van der Waals surface area contributed by atoms with Crippen LogP contribution in [0.3, 0.4) is 0 Å². The molecule has 5 nitrogen and oxygen atoms in total. The molecule has 0 aliphatic rings. The third-order valence-electron chi connectivity index (χ3n) is 2.19. The van der Waals surface area contributed by atoms with Crippen molar-refractivity contribution in [3.63, 3.8) is 0 Å². The van der Waals surface area contributed by atoms with Crippen LogP contribution < -0.4 is 5.32 Å².